The monoisotopic (exact) mass is 190 g/mol. The van der Waals surface area contributed by atoms with Crippen LogP contribution in [0.15, 0.2) is 0 Å². The summed E-state index contributed by atoms with van der Waals surface area (Å²) in [6.07, 6.45) is 0. The molecule has 76 valence electrons. The minimum atomic E-state index is -2.53. The molecule has 0 aromatic heterocycles. The third kappa shape index (κ3) is 3.53. The topological polar surface area (TPSA) is 43.4 Å². The Kier molecular flexibility index (Phi) is 3.19. The predicted octanol–water partition coefficient (Wildman–Crippen LogP) is 1.65. The molecule has 0 saturated carbocycles. The van der Waals surface area contributed by atoms with Crippen LogP contribution in [0, 0.1) is 0 Å². The van der Waals surface area contributed by atoms with Crippen LogP contribution in [0.3, 0.4) is 0 Å². The van der Waals surface area contributed by atoms with Crippen LogP contribution in [0.2, 0.25) is 0 Å². The summed E-state index contributed by atoms with van der Waals surface area (Å²) in [6.45, 7) is 6.76. The highest BCUT2D eigenvalue weighted by molar-refractivity contribution is 6.05. The van der Waals surface area contributed by atoms with E-state index in [0.717, 1.165) is 13.8 Å². The molecule has 0 rings (SSSR count). The summed E-state index contributed by atoms with van der Waals surface area (Å²) in [5, 5.41) is 0. The standard InChI is InChI=1S/C9H15FO3/c1-6(11)9(5,10)7(12)13-8(2,3)4/h1-5H3/t9-/m1/s1. The Labute approximate surface area is 77.3 Å². The van der Waals surface area contributed by atoms with Crippen molar-refractivity contribution in [3.05, 3.63) is 0 Å². The number of hydrogen-bond acceptors (Lipinski definition) is 3. The second kappa shape index (κ2) is 3.44. The van der Waals surface area contributed by atoms with Crippen molar-refractivity contribution >= 4 is 11.8 Å². The average molecular weight is 190 g/mol. The third-order valence-corrected chi connectivity index (χ3v) is 1.44. The summed E-state index contributed by atoms with van der Waals surface area (Å²) in [5.41, 5.74) is -3.31. The molecule has 0 aromatic rings. The average Bonchev–Trinajstić information content (AvgIpc) is 1.82. The fraction of sp³-hybridized carbons (Fsp3) is 0.778. The fourth-order valence-electron chi connectivity index (χ4n) is 0.518. The first-order valence-electron chi connectivity index (χ1n) is 4.01. The van der Waals surface area contributed by atoms with Crippen molar-refractivity contribution < 1.29 is 18.7 Å². The third-order valence-electron chi connectivity index (χ3n) is 1.44. The van der Waals surface area contributed by atoms with Gasteiger partial charge in [0.2, 0.25) is 0 Å². The van der Waals surface area contributed by atoms with Gasteiger partial charge < -0.3 is 4.74 Å². The van der Waals surface area contributed by atoms with E-state index in [-0.39, 0.29) is 0 Å². The van der Waals surface area contributed by atoms with E-state index in [1.165, 1.54) is 0 Å². The van der Waals surface area contributed by atoms with Crippen molar-refractivity contribution in [1.82, 2.24) is 0 Å². The highest BCUT2D eigenvalue weighted by atomic mass is 19.1. The molecule has 0 aliphatic carbocycles. The van der Waals surface area contributed by atoms with Crippen LogP contribution in [0.4, 0.5) is 4.39 Å². The molecule has 3 nitrogen and oxygen atoms in total. The van der Waals surface area contributed by atoms with Crippen LogP contribution in [0.25, 0.3) is 0 Å². The highest BCUT2D eigenvalue weighted by Crippen LogP contribution is 2.18. The Morgan fingerprint density at radius 2 is 1.54 bits per heavy atom. The summed E-state index contributed by atoms with van der Waals surface area (Å²) < 4.78 is 18.0. The van der Waals surface area contributed by atoms with E-state index in [9.17, 15) is 14.0 Å². The Morgan fingerprint density at radius 1 is 1.15 bits per heavy atom. The van der Waals surface area contributed by atoms with Gasteiger partial charge in [-0.25, -0.2) is 9.18 Å². The summed E-state index contributed by atoms with van der Waals surface area (Å²) in [7, 11) is 0. The normalized spacial score (nSPS) is 16.2. The van der Waals surface area contributed by atoms with Crippen molar-refractivity contribution in [2.24, 2.45) is 0 Å². The Hall–Kier alpha value is -0.930. The summed E-state index contributed by atoms with van der Waals surface area (Å²) in [6, 6.07) is 0. The van der Waals surface area contributed by atoms with E-state index < -0.39 is 23.0 Å². The molecule has 0 aliphatic rings. The van der Waals surface area contributed by atoms with Crippen LogP contribution >= 0.6 is 0 Å². The number of esters is 1. The first kappa shape index (κ1) is 12.1. The SMILES string of the molecule is CC(=O)[C@@](C)(F)C(=O)OC(C)(C)C. The molecule has 0 fully saturated rings. The van der Waals surface area contributed by atoms with Gasteiger partial charge in [0.1, 0.15) is 5.60 Å². The van der Waals surface area contributed by atoms with Crippen molar-refractivity contribution in [3.8, 4) is 0 Å². The number of carbonyl (C=O) groups is 2. The molecule has 13 heavy (non-hydrogen) atoms. The summed E-state index contributed by atoms with van der Waals surface area (Å²) in [5.74, 6) is -1.98. The van der Waals surface area contributed by atoms with Gasteiger partial charge in [-0.1, -0.05) is 0 Å². The maximum atomic E-state index is 13.3. The molecular formula is C9H15FO3. The van der Waals surface area contributed by atoms with E-state index in [1.54, 1.807) is 20.8 Å². The quantitative estimate of drug-likeness (QED) is 0.491. The van der Waals surface area contributed by atoms with Crippen LogP contribution in [-0.4, -0.2) is 23.0 Å². The van der Waals surface area contributed by atoms with E-state index in [1.807, 2.05) is 0 Å². The molecule has 0 unspecified atom stereocenters. The summed E-state index contributed by atoms with van der Waals surface area (Å²) >= 11 is 0. The lowest BCUT2D eigenvalue weighted by Crippen LogP contribution is -2.42. The molecule has 1 atom stereocenters. The molecule has 4 heteroatoms. The zero-order valence-electron chi connectivity index (χ0n) is 8.60. The van der Waals surface area contributed by atoms with Crippen LogP contribution in [0.5, 0.6) is 0 Å². The number of hydrogen-bond donors (Lipinski definition) is 0. The van der Waals surface area contributed by atoms with Gasteiger partial charge in [-0.3, -0.25) is 4.79 Å². The molecule has 0 radical (unpaired) electrons. The highest BCUT2D eigenvalue weighted by Gasteiger charge is 2.41. The lowest BCUT2D eigenvalue weighted by atomic mass is 10.0. The number of ketones is 1. The predicted molar refractivity (Wildman–Crippen MR) is 46.0 cm³/mol. The zero-order valence-corrected chi connectivity index (χ0v) is 8.60. The van der Waals surface area contributed by atoms with Gasteiger partial charge in [0.05, 0.1) is 0 Å². The molecule has 0 saturated heterocycles. The van der Waals surface area contributed by atoms with Crippen molar-refractivity contribution in [2.75, 3.05) is 0 Å². The van der Waals surface area contributed by atoms with Crippen LogP contribution < -0.4 is 0 Å². The maximum absolute atomic E-state index is 13.3. The van der Waals surface area contributed by atoms with E-state index in [4.69, 9.17) is 4.74 Å². The lowest BCUT2D eigenvalue weighted by molar-refractivity contribution is -0.170. The van der Waals surface area contributed by atoms with Gasteiger partial charge in [0.25, 0.3) is 5.67 Å². The van der Waals surface area contributed by atoms with E-state index in [0.29, 0.717) is 0 Å². The van der Waals surface area contributed by atoms with Gasteiger partial charge in [-0.15, -0.1) is 0 Å². The molecule has 0 spiro atoms. The maximum Gasteiger partial charge on any atom is 0.351 e. The Morgan fingerprint density at radius 3 is 1.77 bits per heavy atom. The van der Waals surface area contributed by atoms with Gasteiger partial charge >= 0.3 is 5.97 Å². The fourth-order valence-corrected chi connectivity index (χ4v) is 0.518. The number of Topliss-reactive ketones (excluding diaryl/α,β-unsaturated/α-hetero) is 1. The Bertz CT molecular complexity index is 226. The van der Waals surface area contributed by atoms with Crippen molar-refractivity contribution in [1.29, 1.82) is 0 Å². The van der Waals surface area contributed by atoms with Gasteiger partial charge in [0, 0.05) is 0 Å². The molecule has 0 heterocycles. The first-order valence-corrected chi connectivity index (χ1v) is 4.01. The lowest BCUT2D eigenvalue weighted by Gasteiger charge is -2.24. The van der Waals surface area contributed by atoms with Crippen LogP contribution in [0.1, 0.15) is 34.6 Å². The van der Waals surface area contributed by atoms with Gasteiger partial charge in [0.15, 0.2) is 5.78 Å². The molecule has 0 aromatic carbocycles. The molecule has 0 amide bonds. The molecular weight excluding hydrogens is 175 g/mol. The minimum absolute atomic E-state index is 0.778. The van der Waals surface area contributed by atoms with Gasteiger partial charge in [-0.05, 0) is 34.6 Å². The second-order valence-corrected chi connectivity index (χ2v) is 4.06. The molecule has 0 N–H and O–H groups in total. The number of carbonyl (C=O) groups excluding carboxylic acids is 2. The number of rotatable bonds is 2. The van der Waals surface area contributed by atoms with Gasteiger partial charge in [-0.2, -0.15) is 0 Å². The minimum Gasteiger partial charge on any atom is -0.457 e. The zero-order chi connectivity index (χ0) is 10.9. The summed E-state index contributed by atoms with van der Waals surface area (Å²) in [4.78, 5) is 21.8. The largest absolute Gasteiger partial charge is 0.457 e. The van der Waals surface area contributed by atoms with Crippen LogP contribution in [-0.2, 0) is 14.3 Å². The Balaban J connectivity index is 4.53. The van der Waals surface area contributed by atoms with E-state index >= 15 is 0 Å². The first-order chi connectivity index (χ1) is 5.57. The van der Waals surface area contributed by atoms with Crippen molar-refractivity contribution in [2.45, 2.75) is 45.9 Å². The second-order valence-electron chi connectivity index (χ2n) is 4.06. The van der Waals surface area contributed by atoms with Crippen molar-refractivity contribution in [3.63, 3.8) is 0 Å². The molecule has 0 bridgehead atoms. The van der Waals surface area contributed by atoms with E-state index in [2.05, 4.69) is 0 Å². The number of alkyl halides is 1. The molecule has 0 aliphatic heterocycles. The number of ether oxygens (including phenoxy) is 1. The number of halogens is 1. The smallest absolute Gasteiger partial charge is 0.351 e.